The van der Waals surface area contributed by atoms with Crippen molar-refractivity contribution in [2.24, 2.45) is 0 Å². The van der Waals surface area contributed by atoms with E-state index in [2.05, 4.69) is 10.6 Å². The molecule has 1 aromatic heterocycles. The molecule has 3 rings (SSSR count). The maximum Gasteiger partial charge on any atom is 0.313 e. The summed E-state index contributed by atoms with van der Waals surface area (Å²) < 4.78 is 1.07. The Hall–Kier alpha value is -2.35. The fraction of sp³-hybridized carbons (Fsp3) is 0.158. The normalized spacial score (nSPS) is 11.9. The fourth-order valence-electron chi connectivity index (χ4n) is 2.56. The maximum atomic E-state index is 12.1. The Bertz CT molecular complexity index is 939. The lowest BCUT2D eigenvalue weighted by Gasteiger charge is -2.12. The number of nitrogens with one attached hydrogen (secondary N) is 2. The van der Waals surface area contributed by atoms with Crippen molar-refractivity contribution < 1.29 is 14.7 Å². The fourth-order valence-corrected chi connectivity index (χ4v) is 4.12. The third-order valence-corrected chi connectivity index (χ3v) is 5.66. The minimum Gasteiger partial charge on any atom is -0.387 e. The third-order valence-electron chi connectivity index (χ3n) is 3.89. The van der Waals surface area contributed by atoms with E-state index in [0.717, 1.165) is 20.5 Å². The number of aliphatic hydroxyl groups excluding tert-OH is 1. The highest BCUT2D eigenvalue weighted by atomic mass is 32.2. The predicted molar refractivity (Wildman–Crippen MR) is 107 cm³/mol. The van der Waals surface area contributed by atoms with E-state index in [1.54, 1.807) is 12.1 Å². The highest BCUT2D eigenvalue weighted by molar-refractivity contribution is 7.98. The van der Waals surface area contributed by atoms with Crippen molar-refractivity contribution in [2.45, 2.75) is 11.0 Å². The number of thiophene rings is 1. The molecule has 0 bridgehead atoms. The highest BCUT2D eigenvalue weighted by Gasteiger charge is 2.18. The quantitative estimate of drug-likeness (QED) is 0.464. The van der Waals surface area contributed by atoms with Gasteiger partial charge in [-0.15, -0.1) is 23.1 Å². The van der Waals surface area contributed by atoms with Crippen LogP contribution < -0.4 is 10.6 Å². The van der Waals surface area contributed by atoms with E-state index in [-0.39, 0.29) is 6.54 Å². The molecule has 0 radical (unpaired) electrons. The average molecular weight is 386 g/mol. The number of aliphatic hydroxyl groups is 1. The van der Waals surface area contributed by atoms with Crippen molar-refractivity contribution in [1.82, 2.24) is 5.32 Å². The predicted octanol–water partition coefficient (Wildman–Crippen LogP) is 3.41. The Balaban J connectivity index is 1.60. The number of amides is 2. The van der Waals surface area contributed by atoms with Gasteiger partial charge in [0.25, 0.3) is 0 Å². The Labute approximate surface area is 159 Å². The zero-order valence-corrected chi connectivity index (χ0v) is 15.7. The summed E-state index contributed by atoms with van der Waals surface area (Å²) in [6.45, 7) is -0.0306. The van der Waals surface area contributed by atoms with E-state index in [9.17, 15) is 14.7 Å². The zero-order chi connectivity index (χ0) is 18.5. The SMILES string of the molecule is CSc1ccccc1NC(=O)C(=O)NC[C@@H](O)c1csc2ccccc12. The first-order chi connectivity index (χ1) is 12.6. The number of thioether (sulfide) groups is 1. The Kier molecular flexibility index (Phi) is 5.92. The molecule has 2 amide bonds. The molecule has 2 aromatic carbocycles. The van der Waals surface area contributed by atoms with Crippen LogP contribution >= 0.6 is 23.1 Å². The van der Waals surface area contributed by atoms with Gasteiger partial charge in [0, 0.05) is 21.7 Å². The van der Waals surface area contributed by atoms with Gasteiger partial charge in [-0.05, 0) is 35.2 Å². The lowest BCUT2D eigenvalue weighted by Crippen LogP contribution is -2.37. The average Bonchev–Trinajstić information content (AvgIpc) is 3.10. The van der Waals surface area contributed by atoms with Crippen LogP contribution in [0.1, 0.15) is 11.7 Å². The van der Waals surface area contributed by atoms with Crippen LogP contribution in [0.4, 0.5) is 5.69 Å². The van der Waals surface area contributed by atoms with Crippen molar-refractivity contribution in [3.8, 4) is 0 Å². The van der Waals surface area contributed by atoms with E-state index in [1.807, 2.05) is 48.0 Å². The zero-order valence-electron chi connectivity index (χ0n) is 14.1. The summed E-state index contributed by atoms with van der Waals surface area (Å²) in [5.74, 6) is -1.53. The molecular weight excluding hydrogens is 368 g/mol. The lowest BCUT2D eigenvalue weighted by molar-refractivity contribution is -0.136. The molecule has 1 heterocycles. The number of para-hydroxylation sites is 1. The van der Waals surface area contributed by atoms with Crippen LogP contribution in [0.3, 0.4) is 0 Å². The van der Waals surface area contributed by atoms with E-state index >= 15 is 0 Å². The van der Waals surface area contributed by atoms with Crippen molar-refractivity contribution in [3.05, 3.63) is 59.5 Å². The molecular formula is C19H18N2O3S2. The molecule has 1 atom stereocenters. The summed E-state index contributed by atoms with van der Waals surface area (Å²) in [5.41, 5.74) is 1.34. The van der Waals surface area contributed by atoms with Crippen molar-refractivity contribution in [3.63, 3.8) is 0 Å². The van der Waals surface area contributed by atoms with Crippen molar-refractivity contribution in [2.75, 3.05) is 18.1 Å². The van der Waals surface area contributed by atoms with Crippen LogP contribution in [0.2, 0.25) is 0 Å². The first-order valence-corrected chi connectivity index (χ1v) is 10.1. The summed E-state index contributed by atoms with van der Waals surface area (Å²) in [4.78, 5) is 25.0. The van der Waals surface area contributed by atoms with E-state index in [4.69, 9.17) is 0 Å². The van der Waals surface area contributed by atoms with Crippen LogP contribution in [-0.2, 0) is 9.59 Å². The second-order valence-electron chi connectivity index (χ2n) is 5.57. The van der Waals surface area contributed by atoms with Gasteiger partial charge in [-0.3, -0.25) is 9.59 Å². The first-order valence-electron chi connectivity index (χ1n) is 7.96. The molecule has 0 unspecified atom stereocenters. The van der Waals surface area contributed by atoms with Gasteiger partial charge in [-0.1, -0.05) is 30.3 Å². The lowest BCUT2D eigenvalue weighted by atomic mass is 10.1. The number of hydrogen-bond acceptors (Lipinski definition) is 5. The van der Waals surface area contributed by atoms with Gasteiger partial charge in [-0.2, -0.15) is 0 Å². The van der Waals surface area contributed by atoms with E-state index in [0.29, 0.717) is 5.69 Å². The molecule has 0 saturated carbocycles. The number of carbonyl (C=O) groups excluding carboxylic acids is 2. The molecule has 0 aliphatic carbocycles. The Morgan fingerprint density at radius 3 is 2.65 bits per heavy atom. The molecule has 0 fully saturated rings. The van der Waals surface area contributed by atoms with Crippen LogP contribution in [0, 0.1) is 0 Å². The van der Waals surface area contributed by atoms with Gasteiger partial charge in [0.1, 0.15) is 0 Å². The van der Waals surface area contributed by atoms with Gasteiger partial charge < -0.3 is 15.7 Å². The second-order valence-corrected chi connectivity index (χ2v) is 7.33. The van der Waals surface area contributed by atoms with Crippen molar-refractivity contribution in [1.29, 1.82) is 0 Å². The molecule has 0 aliphatic heterocycles. The summed E-state index contributed by atoms with van der Waals surface area (Å²) >= 11 is 3.02. The minimum absolute atomic E-state index is 0.0306. The van der Waals surface area contributed by atoms with E-state index in [1.165, 1.54) is 23.1 Å². The number of benzene rings is 2. The summed E-state index contributed by atoms with van der Waals surface area (Å²) in [7, 11) is 0. The van der Waals surface area contributed by atoms with Crippen molar-refractivity contribution >= 4 is 50.7 Å². The molecule has 134 valence electrons. The standard InChI is InChI=1S/C19H18N2O3S2/c1-25-17-9-5-3-7-14(17)21-19(24)18(23)20-10-15(22)13-11-26-16-8-4-2-6-12(13)16/h2-9,11,15,22H,10H2,1H3,(H,20,23)(H,21,24)/t15-/m1/s1. The minimum atomic E-state index is -0.874. The third kappa shape index (κ3) is 4.07. The molecule has 7 heteroatoms. The first kappa shape index (κ1) is 18.4. The van der Waals surface area contributed by atoms with E-state index < -0.39 is 17.9 Å². The molecule has 3 aromatic rings. The molecule has 3 N–H and O–H groups in total. The summed E-state index contributed by atoms with van der Waals surface area (Å²) in [6.07, 6.45) is 1.02. The Morgan fingerprint density at radius 1 is 1.12 bits per heavy atom. The van der Waals surface area contributed by atoms with Gasteiger partial charge in [0.05, 0.1) is 11.8 Å². The van der Waals surface area contributed by atoms with Gasteiger partial charge in [0.15, 0.2) is 0 Å². The number of rotatable bonds is 5. The maximum absolute atomic E-state index is 12.1. The number of fused-ring (bicyclic) bond motifs is 1. The highest BCUT2D eigenvalue weighted by Crippen LogP contribution is 2.30. The number of anilines is 1. The van der Waals surface area contributed by atoms with Crippen LogP contribution in [0.15, 0.2) is 58.8 Å². The molecule has 26 heavy (non-hydrogen) atoms. The smallest absolute Gasteiger partial charge is 0.313 e. The molecule has 0 spiro atoms. The van der Waals surface area contributed by atoms with Crippen LogP contribution in [-0.4, -0.2) is 29.7 Å². The van der Waals surface area contributed by atoms with Gasteiger partial charge in [0.2, 0.25) is 0 Å². The van der Waals surface area contributed by atoms with Crippen LogP contribution in [0.25, 0.3) is 10.1 Å². The second kappa shape index (κ2) is 8.35. The Morgan fingerprint density at radius 2 is 1.85 bits per heavy atom. The topological polar surface area (TPSA) is 78.4 Å². The summed E-state index contributed by atoms with van der Waals surface area (Å²) in [5, 5.41) is 18.3. The molecule has 0 saturated heterocycles. The van der Waals surface area contributed by atoms with Gasteiger partial charge >= 0.3 is 11.8 Å². The molecule has 5 nitrogen and oxygen atoms in total. The molecule has 0 aliphatic rings. The largest absolute Gasteiger partial charge is 0.387 e. The summed E-state index contributed by atoms with van der Waals surface area (Å²) in [6, 6.07) is 15.0. The van der Waals surface area contributed by atoms with Crippen LogP contribution in [0.5, 0.6) is 0 Å². The monoisotopic (exact) mass is 386 g/mol. The number of carbonyl (C=O) groups is 2. The number of hydrogen-bond donors (Lipinski definition) is 3. The van der Waals surface area contributed by atoms with Gasteiger partial charge in [-0.25, -0.2) is 0 Å².